The summed E-state index contributed by atoms with van der Waals surface area (Å²) in [6, 6.07) is 10.5. The van der Waals surface area contributed by atoms with Crippen LogP contribution in [-0.2, 0) is 16.6 Å². The van der Waals surface area contributed by atoms with E-state index in [4.69, 9.17) is 11.6 Å². The zero-order chi connectivity index (χ0) is 13.9. The van der Waals surface area contributed by atoms with Crippen LogP contribution >= 0.6 is 11.6 Å². The first-order valence-corrected chi connectivity index (χ1v) is 7.51. The number of aromatic nitrogens is 1. The molecule has 0 bridgehead atoms. The van der Waals surface area contributed by atoms with Crippen LogP contribution in [0.2, 0.25) is 5.15 Å². The van der Waals surface area contributed by atoms with Crippen LogP contribution in [0.4, 0.5) is 0 Å². The monoisotopic (exact) mass is 296 g/mol. The maximum absolute atomic E-state index is 12.0. The van der Waals surface area contributed by atoms with Gasteiger partial charge in [0, 0.05) is 12.7 Å². The maximum atomic E-state index is 12.0. The average molecular weight is 297 g/mol. The molecule has 100 valence electrons. The molecule has 0 saturated carbocycles. The van der Waals surface area contributed by atoms with Crippen LogP contribution in [0.5, 0.6) is 0 Å². The minimum Gasteiger partial charge on any atom is -0.243 e. The normalized spacial score (nSPS) is 11.5. The molecule has 1 aromatic heterocycles. The van der Waals surface area contributed by atoms with Gasteiger partial charge in [-0.2, -0.15) is 0 Å². The molecule has 0 spiro atoms. The summed E-state index contributed by atoms with van der Waals surface area (Å²) in [4.78, 5) is 3.87. The molecule has 0 aliphatic rings. The predicted molar refractivity (Wildman–Crippen MR) is 74.5 cm³/mol. The predicted octanol–water partition coefficient (Wildman–Crippen LogP) is 2.52. The van der Waals surface area contributed by atoms with E-state index in [-0.39, 0.29) is 16.6 Å². The van der Waals surface area contributed by atoms with Crippen LogP contribution in [0.15, 0.2) is 47.5 Å². The van der Waals surface area contributed by atoms with Crippen molar-refractivity contribution < 1.29 is 8.42 Å². The summed E-state index contributed by atoms with van der Waals surface area (Å²) in [7, 11) is -3.56. The first-order chi connectivity index (χ1) is 8.99. The Morgan fingerprint density at radius 2 is 1.95 bits per heavy atom. The Morgan fingerprint density at radius 1 is 1.21 bits per heavy atom. The Balaban J connectivity index is 2.14. The molecule has 0 saturated heterocycles. The minimum absolute atomic E-state index is 0.102. The van der Waals surface area contributed by atoms with Gasteiger partial charge < -0.3 is 0 Å². The first kappa shape index (κ1) is 14.0. The van der Waals surface area contributed by atoms with Crippen LogP contribution in [-0.4, -0.2) is 13.4 Å². The van der Waals surface area contributed by atoms with E-state index in [1.54, 1.807) is 0 Å². The molecular weight excluding hydrogens is 284 g/mol. The lowest BCUT2D eigenvalue weighted by Gasteiger charge is -2.08. The second-order valence-corrected chi connectivity index (χ2v) is 6.22. The summed E-state index contributed by atoms with van der Waals surface area (Å²) in [5.74, 6) is 0. The quantitative estimate of drug-likeness (QED) is 0.882. The van der Waals surface area contributed by atoms with Gasteiger partial charge in [0.25, 0.3) is 0 Å². The van der Waals surface area contributed by atoms with Crippen molar-refractivity contribution in [3.05, 3.63) is 58.9 Å². The second-order valence-electron chi connectivity index (χ2n) is 4.07. The van der Waals surface area contributed by atoms with Crippen molar-refractivity contribution in [3.63, 3.8) is 0 Å². The lowest BCUT2D eigenvalue weighted by molar-refractivity contribution is 0.581. The van der Waals surface area contributed by atoms with Crippen LogP contribution in [0.1, 0.15) is 11.1 Å². The van der Waals surface area contributed by atoms with Crippen LogP contribution in [0.3, 0.4) is 0 Å². The standard InChI is InChI=1S/C13H13ClN2O2S/c1-10-4-2-3-5-11(10)8-16-19(17,18)12-6-7-13(14)15-9-12/h2-7,9,16H,8H2,1H3. The molecule has 0 aliphatic heterocycles. The number of sulfonamides is 1. The highest BCUT2D eigenvalue weighted by atomic mass is 35.5. The number of halogens is 1. The summed E-state index contributed by atoms with van der Waals surface area (Å²) in [6.07, 6.45) is 1.24. The van der Waals surface area contributed by atoms with E-state index in [1.807, 2.05) is 31.2 Å². The molecule has 0 fully saturated rings. The van der Waals surface area contributed by atoms with E-state index in [2.05, 4.69) is 9.71 Å². The minimum atomic E-state index is -3.56. The topological polar surface area (TPSA) is 59.1 Å². The number of benzene rings is 1. The van der Waals surface area contributed by atoms with Gasteiger partial charge in [0.1, 0.15) is 10.0 Å². The molecule has 19 heavy (non-hydrogen) atoms. The third kappa shape index (κ3) is 3.53. The molecule has 4 nitrogen and oxygen atoms in total. The fourth-order valence-electron chi connectivity index (χ4n) is 1.59. The van der Waals surface area contributed by atoms with Gasteiger partial charge in [-0.25, -0.2) is 18.1 Å². The third-order valence-corrected chi connectivity index (χ3v) is 4.33. The van der Waals surface area contributed by atoms with Crippen LogP contribution in [0, 0.1) is 6.92 Å². The molecule has 1 N–H and O–H groups in total. The van der Waals surface area contributed by atoms with Crippen molar-refractivity contribution in [1.29, 1.82) is 0 Å². The second kappa shape index (κ2) is 5.69. The molecule has 0 atom stereocenters. The highest BCUT2D eigenvalue weighted by Crippen LogP contribution is 2.12. The zero-order valence-corrected chi connectivity index (χ0v) is 11.9. The van der Waals surface area contributed by atoms with Gasteiger partial charge in [0.15, 0.2) is 0 Å². The van der Waals surface area contributed by atoms with Crippen molar-refractivity contribution in [2.75, 3.05) is 0 Å². The average Bonchev–Trinajstić information content (AvgIpc) is 2.38. The number of rotatable bonds is 4. The van der Waals surface area contributed by atoms with Gasteiger partial charge in [-0.15, -0.1) is 0 Å². The van der Waals surface area contributed by atoms with Crippen molar-refractivity contribution in [3.8, 4) is 0 Å². The lowest BCUT2D eigenvalue weighted by atomic mass is 10.1. The highest BCUT2D eigenvalue weighted by molar-refractivity contribution is 7.89. The number of pyridine rings is 1. The first-order valence-electron chi connectivity index (χ1n) is 5.65. The molecule has 0 unspecified atom stereocenters. The fourth-order valence-corrected chi connectivity index (χ4v) is 2.65. The summed E-state index contributed by atoms with van der Waals surface area (Å²) in [5.41, 5.74) is 1.98. The molecule has 0 radical (unpaired) electrons. The van der Waals surface area contributed by atoms with Crippen molar-refractivity contribution >= 4 is 21.6 Å². The summed E-state index contributed by atoms with van der Waals surface area (Å²) < 4.78 is 26.6. The number of aryl methyl sites for hydroxylation is 1. The van der Waals surface area contributed by atoms with E-state index in [0.29, 0.717) is 0 Å². The van der Waals surface area contributed by atoms with Gasteiger partial charge in [-0.3, -0.25) is 0 Å². The number of hydrogen-bond acceptors (Lipinski definition) is 3. The lowest BCUT2D eigenvalue weighted by Crippen LogP contribution is -2.23. The van der Waals surface area contributed by atoms with Gasteiger partial charge in [-0.05, 0) is 30.2 Å². The molecule has 1 aromatic carbocycles. The molecule has 1 heterocycles. The summed E-state index contributed by atoms with van der Waals surface area (Å²) >= 11 is 5.63. The summed E-state index contributed by atoms with van der Waals surface area (Å²) in [6.45, 7) is 2.19. The Morgan fingerprint density at radius 3 is 2.58 bits per heavy atom. The van der Waals surface area contributed by atoms with Gasteiger partial charge in [0.05, 0.1) is 0 Å². The van der Waals surface area contributed by atoms with Crippen molar-refractivity contribution in [2.45, 2.75) is 18.4 Å². The molecule has 0 amide bonds. The van der Waals surface area contributed by atoms with E-state index < -0.39 is 10.0 Å². The van der Waals surface area contributed by atoms with E-state index in [0.717, 1.165) is 11.1 Å². The smallest absolute Gasteiger partial charge is 0.242 e. The largest absolute Gasteiger partial charge is 0.243 e. The number of hydrogen-bond donors (Lipinski definition) is 1. The number of nitrogens with zero attached hydrogens (tertiary/aromatic N) is 1. The van der Waals surface area contributed by atoms with E-state index in [9.17, 15) is 8.42 Å². The van der Waals surface area contributed by atoms with Gasteiger partial charge in [0.2, 0.25) is 10.0 Å². The fraction of sp³-hybridized carbons (Fsp3) is 0.154. The Kier molecular flexibility index (Phi) is 4.19. The molecule has 6 heteroatoms. The number of nitrogens with one attached hydrogen (secondary N) is 1. The highest BCUT2D eigenvalue weighted by Gasteiger charge is 2.14. The van der Waals surface area contributed by atoms with Crippen LogP contribution < -0.4 is 4.72 Å². The van der Waals surface area contributed by atoms with E-state index in [1.165, 1.54) is 18.3 Å². The SMILES string of the molecule is Cc1ccccc1CNS(=O)(=O)c1ccc(Cl)nc1. The molecule has 0 aliphatic carbocycles. The molecular formula is C13H13ClN2O2S. The van der Waals surface area contributed by atoms with Crippen molar-refractivity contribution in [1.82, 2.24) is 9.71 Å². The molecule has 2 aromatic rings. The zero-order valence-electron chi connectivity index (χ0n) is 10.3. The Bertz CT molecular complexity index is 669. The van der Waals surface area contributed by atoms with E-state index >= 15 is 0 Å². The van der Waals surface area contributed by atoms with Gasteiger partial charge >= 0.3 is 0 Å². The van der Waals surface area contributed by atoms with Crippen LogP contribution in [0.25, 0.3) is 0 Å². The third-order valence-electron chi connectivity index (χ3n) is 2.72. The van der Waals surface area contributed by atoms with Gasteiger partial charge in [-0.1, -0.05) is 35.9 Å². The maximum Gasteiger partial charge on any atom is 0.242 e. The Hall–Kier alpha value is -1.43. The Labute approximate surface area is 117 Å². The summed E-state index contributed by atoms with van der Waals surface area (Å²) in [5, 5.41) is 0.262. The van der Waals surface area contributed by atoms with Crippen molar-refractivity contribution in [2.24, 2.45) is 0 Å². The molecule has 2 rings (SSSR count).